The molecule has 4 N–H and O–H groups in total. The molecule has 0 saturated heterocycles. The molecule has 0 aliphatic rings. The zero-order valence-corrected chi connectivity index (χ0v) is 12.0. The number of hydrogen-bond acceptors (Lipinski definition) is 5. The van der Waals surface area contributed by atoms with Crippen LogP contribution in [0.15, 0.2) is 23.1 Å². The summed E-state index contributed by atoms with van der Waals surface area (Å²) >= 11 is 1.45. The van der Waals surface area contributed by atoms with E-state index in [0.29, 0.717) is 5.69 Å². The first-order chi connectivity index (χ1) is 9.35. The summed E-state index contributed by atoms with van der Waals surface area (Å²) in [5, 5.41) is 11.2. The van der Waals surface area contributed by atoms with Gasteiger partial charge in [0, 0.05) is 29.5 Å². The smallest absolute Gasteiger partial charge is 0.326 e. The quantitative estimate of drug-likeness (QED) is 0.413. The van der Waals surface area contributed by atoms with Gasteiger partial charge in [0.2, 0.25) is 5.91 Å². The number of Topliss-reactive ketones (excluding diaryl/α,β-unsaturated/α-hetero) is 1. The van der Waals surface area contributed by atoms with Crippen molar-refractivity contribution in [3.63, 3.8) is 0 Å². The number of carboxylic acids is 1. The molecule has 108 valence electrons. The van der Waals surface area contributed by atoms with Gasteiger partial charge in [-0.2, -0.15) is 0 Å². The first kappa shape index (κ1) is 16.0. The first-order valence-corrected chi connectivity index (χ1v) is 7.04. The largest absolute Gasteiger partial charge is 0.480 e. The van der Waals surface area contributed by atoms with Crippen LogP contribution in [0.3, 0.4) is 0 Å². The number of ketones is 1. The number of hydrogen-bond donors (Lipinski definition) is 3. The van der Waals surface area contributed by atoms with E-state index < -0.39 is 23.7 Å². The third-order valence-electron chi connectivity index (χ3n) is 2.63. The number of carboxylic acid groups (broad SMARTS) is 1. The van der Waals surface area contributed by atoms with E-state index in [1.54, 1.807) is 18.2 Å². The number of aliphatic carboxylic acids is 1. The number of benzene rings is 1. The van der Waals surface area contributed by atoms with Crippen LogP contribution in [0.2, 0.25) is 0 Å². The number of nitrogens with two attached hydrogens (primary N) is 1. The molecule has 0 bridgehead atoms. The molecular formula is C13H16N2O4S. The van der Waals surface area contributed by atoms with Crippen LogP contribution < -0.4 is 11.1 Å². The van der Waals surface area contributed by atoms with Crippen molar-refractivity contribution in [2.24, 2.45) is 0 Å². The molecule has 0 radical (unpaired) electrons. The van der Waals surface area contributed by atoms with Crippen molar-refractivity contribution in [2.75, 3.05) is 12.0 Å². The minimum Gasteiger partial charge on any atom is -0.480 e. The molecule has 6 nitrogen and oxygen atoms in total. The highest BCUT2D eigenvalue weighted by molar-refractivity contribution is 7.98. The first-order valence-electron chi connectivity index (χ1n) is 5.81. The van der Waals surface area contributed by atoms with Crippen molar-refractivity contribution in [3.05, 3.63) is 23.8 Å². The third kappa shape index (κ3) is 4.27. The second-order valence-electron chi connectivity index (χ2n) is 4.17. The van der Waals surface area contributed by atoms with Crippen LogP contribution in [0.1, 0.15) is 23.7 Å². The number of thioether (sulfide) groups is 1. The molecule has 0 aliphatic heterocycles. The van der Waals surface area contributed by atoms with Gasteiger partial charge < -0.3 is 16.2 Å². The second kappa shape index (κ2) is 6.95. The van der Waals surface area contributed by atoms with E-state index >= 15 is 0 Å². The molecule has 20 heavy (non-hydrogen) atoms. The molecule has 1 amide bonds. The fraction of sp³-hybridized carbons (Fsp3) is 0.308. The van der Waals surface area contributed by atoms with Gasteiger partial charge in [0.05, 0.1) is 0 Å². The fourth-order valence-electron chi connectivity index (χ4n) is 1.64. The predicted molar refractivity (Wildman–Crippen MR) is 76.8 cm³/mol. The van der Waals surface area contributed by atoms with E-state index in [2.05, 4.69) is 5.32 Å². The maximum absolute atomic E-state index is 12.1. The third-order valence-corrected chi connectivity index (χ3v) is 3.35. The Bertz CT molecular complexity index is 545. The summed E-state index contributed by atoms with van der Waals surface area (Å²) < 4.78 is 0. The van der Waals surface area contributed by atoms with E-state index in [9.17, 15) is 14.4 Å². The second-order valence-corrected chi connectivity index (χ2v) is 5.05. The number of carbonyl (C=O) groups is 3. The van der Waals surface area contributed by atoms with Gasteiger partial charge in [-0.05, 0) is 24.5 Å². The number of nitrogens with one attached hydrogen (secondary N) is 1. The highest BCUT2D eigenvalue weighted by Crippen LogP contribution is 2.22. The monoisotopic (exact) mass is 296 g/mol. The molecule has 0 aliphatic carbocycles. The highest BCUT2D eigenvalue weighted by Gasteiger charge is 2.23. The van der Waals surface area contributed by atoms with Crippen molar-refractivity contribution >= 4 is 35.1 Å². The molecule has 0 heterocycles. The summed E-state index contributed by atoms with van der Waals surface area (Å²) in [5.74, 6) is -2.18. The van der Waals surface area contributed by atoms with Crippen LogP contribution in [0, 0.1) is 0 Å². The summed E-state index contributed by atoms with van der Waals surface area (Å²) in [5.41, 5.74) is 6.30. The zero-order valence-electron chi connectivity index (χ0n) is 11.2. The minimum atomic E-state index is -1.26. The Hall–Kier alpha value is -2.02. The van der Waals surface area contributed by atoms with Crippen molar-refractivity contribution < 1.29 is 19.5 Å². The summed E-state index contributed by atoms with van der Waals surface area (Å²) in [6.45, 7) is 1.20. The summed E-state index contributed by atoms with van der Waals surface area (Å²) in [7, 11) is 0. The van der Waals surface area contributed by atoms with E-state index in [0.717, 1.165) is 4.90 Å². The van der Waals surface area contributed by atoms with Crippen molar-refractivity contribution in [1.29, 1.82) is 0 Å². The number of rotatable bonds is 6. The SMILES string of the molecule is CSc1ccc(N)c(C(=O)C[C@H](NC(C)=O)C(=O)O)c1. The Morgan fingerprint density at radius 1 is 1.40 bits per heavy atom. The van der Waals surface area contributed by atoms with Crippen LogP contribution in [-0.2, 0) is 9.59 Å². The molecule has 0 fully saturated rings. The molecule has 1 atom stereocenters. The molecule has 0 aromatic heterocycles. The Balaban J connectivity index is 2.94. The number of anilines is 1. The molecule has 0 saturated carbocycles. The van der Waals surface area contributed by atoms with Crippen LogP contribution >= 0.6 is 11.8 Å². The molecule has 7 heteroatoms. The number of amides is 1. The standard InChI is InChI=1S/C13H16N2O4S/c1-7(16)15-11(13(18)19)6-12(17)9-5-8(20-2)3-4-10(9)14/h3-5,11H,6,14H2,1-2H3,(H,15,16)(H,18,19)/t11-/m0/s1. The lowest BCUT2D eigenvalue weighted by Gasteiger charge is -2.13. The van der Waals surface area contributed by atoms with Crippen molar-refractivity contribution in [2.45, 2.75) is 24.3 Å². The lowest BCUT2D eigenvalue weighted by Crippen LogP contribution is -2.41. The van der Waals surface area contributed by atoms with E-state index in [-0.39, 0.29) is 12.0 Å². The van der Waals surface area contributed by atoms with Gasteiger partial charge >= 0.3 is 5.97 Å². The maximum atomic E-state index is 12.1. The van der Waals surface area contributed by atoms with Gasteiger partial charge in [-0.1, -0.05) is 0 Å². The molecule has 1 aromatic rings. The Morgan fingerprint density at radius 2 is 2.05 bits per heavy atom. The van der Waals surface area contributed by atoms with E-state index in [1.807, 2.05) is 6.26 Å². The topological polar surface area (TPSA) is 109 Å². The summed E-state index contributed by atoms with van der Waals surface area (Å²) in [4.78, 5) is 34.9. The van der Waals surface area contributed by atoms with Gasteiger partial charge in [0.25, 0.3) is 0 Å². The van der Waals surface area contributed by atoms with Gasteiger partial charge in [-0.3, -0.25) is 9.59 Å². The number of nitrogen functional groups attached to an aromatic ring is 1. The Morgan fingerprint density at radius 3 is 2.55 bits per heavy atom. The molecule has 1 aromatic carbocycles. The maximum Gasteiger partial charge on any atom is 0.326 e. The summed E-state index contributed by atoms with van der Waals surface area (Å²) in [6, 6.07) is 3.75. The van der Waals surface area contributed by atoms with Gasteiger partial charge in [-0.15, -0.1) is 11.8 Å². The Labute approximate surface area is 120 Å². The van der Waals surface area contributed by atoms with Crippen molar-refractivity contribution in [3.8, 4) is 0 Å². The summed E-state index contributed by atoms with van der Waals surface area (Å²) in [6.07, 6.45) is 1.52. The molecular weight excluding hydrogens is 280 g/mol. The van der Waals surface area contributed by atoms with Crippen molar-refractivity contribution in [1.82, 2.24) is 5.32 Å². The zero-order chi connectivity index (χ0) is 15.3. The van der Waals surface area contributed by atoms with Gasteiger partial charge in [-0.25, -0.2) is 4.79 Å². The van der Waals surface area contributed by atoms with Crippen LogP contribution in [-0.4, -0.2) is 35.1 Å². The van der Waals surface area contributed by atoms with Gasteiger partial charge in [0.15, 0.2) is 5.78 Å². The molecule has 0 spiro atoms. The highest BCUT2D eigenvalue weighted by atomic mass is 32.2. The Kier molecular flexibility index (Phi) is 5.57. The van der Waals surface area contributed by atoms with Crippen LogP contribution in [0.4, 0.5) is 5.69 Å². The molecule has 0 unspecified atom stereocenters. The molecule has 1 rings (SSSR count). The average Bonchev–Trinajstić information content (AvgIpc) is 2.37. The normalized spacial score (nSPS) is 11.7. The fourth-order valence-corrected chi connectivity index (χ4v) is 2.08. The minimum absolute atomic E-state index is 0.272. The number of carbonyl (C=O) groups excluding carboxylic acids is 2. The predicted octanol–water partition coefficient (Wildman–Crippen LogP) is 1.15. The van der Waals surface area contributed by atoms with Crippen LogP contribution in [0.25, 0.3) is 0 Å². The van der Waals surface area contributed by atoms with Crippen LogP contribution in [0.5, 0.6) is 0 Å². The van der Waals surface area contributed by atoms with E-state index in [4.69, 9.17) is 10.8 Å². The lowest BCUT2D eigenvalue weighted by atomic mass is 10.0. The lowest BCUT2D eigenvalue weighted by molar-refractivity contribution is -0.141. The van der Waals surface area contributed by atoms with Gasteiger partial charge in [0.1, 0.15) is 6.04 Å². The average molecular weight is 296 g/mol. The van der Waals surface area contributed by atoms with E-state index in [1.165, 1.54) is 18.7 Å².